The maximum Gasteiger partial charge on any atom is 0.326 e. The van der Waals surface area contributed by atoms with Crippen LogP contribution in [0.1, 0.15) is 37.3 Å². The van der Waals surface area contributed by atoms with Gasteiger partial charge in [-0.3, -0.25) is 0 Å². The molecule has 5 nitrogen and oxygen atoms in total. The fourth-order valence-corrected chi connectivity index (χ4v) is 3.85. The summed E-state index contributed by atoms with van der Waals surface area (Å²) in [6.45, 7) is 6.24. The zero-order chi connectivity index (χ0) is 18.7. The molecule has 2 aromatic heterocycles. The summed E-state index contributed by atoms with van der Waals surface area (Å²) < 4.78 is 0. The Labute approximate surface area is 157 Å². The number of carbonyl (C=O) groups is 1. The second-order valence-electron chi connectivity index (χ2n) is 6.53. The second kappa shape index (κ2) is 7.83. The number of hydrogen-bond donors (Lipinski definition) is 2. The molecule has 2 N–H and O–H groups in total. The van der Waals surface area contributed by atoms with Gasteiger partial charge in [-0.05, 0) is 37.0 Å². The number of aliphatic carboxylic acids is 1. The van der Waals surface area contributed by atoms with Gasteiger partial charge in [0.1, 0.15) is 23.0 Å². The zero-order valence-corrected chi connectivity index (χ0v) is 16.1. The molecular weight excluding hydrogens is 346 g/mol. The molecule has 26 heavy (non-hydrogen) atoms. The van der Waals surface area contributed by atoms with Crippen molar-refractivity contribution in [3.63, 3.8) is 0 Å². The van der Waals surface area contributed by atoms with Gasteiger partial charge in [0, 0.05) is 10.9 Å². The lowest BCUT2D eigenvalue weighted by atomic mass is 10.0. The first kappa shape index (κ1) is 18.3. The fraction of sp³-hybridized carbons (Fsp3) is 0.350. The minimum atomic E-state index is -0.854. The number of carboxylic acids is 1. The van der Waals surface area contributed by atoms with E-state index in [1.807, 2.05) is 0 Å². The van der Waals surface area contributed by atoms with Crippen LogP contribution >= 0.6 is 11.3 Å². The van der Waals surface area contributed by atoms with E-state index >= 15 is 0 Å². The monoisotopic (exact) mass is 369 g/mol. The van der Waals surface area contributed by atoms with E-state index < -0.39 is 12.0 Å². The Balaban J connectivity index is 2.05. The minimum absolute atomic E-state index is 0.570. The van der Waals surface area contributed by atoms with Gasteiger partial charge in [0.05, 0.1) is 5.39 Å². The molecule has 0 fully saturated rings. The third kappa shape index (κ3) is 3.70. The van der Waals surface area contributed by atoms with E-state index in [0.717, 1.165) is 34.2 Å². The van der Waals surface area contributed by atoms with E-state index in [4.69, 9.17) is 0 Å². The molecule has 0 bridgehead atoms. The van der Waals surface area contributed by atoms with Gasteiger partial charge in [-0.15, -0.1) is 11.3 Å². The fourth-order valence-electron chi connectivity index (χ4n) is 2.94. The zero-order valence-electron chi connectivity index (χ0n) is 15.2. The molecule has 0 saturated heterocycles. The molecule has 2 heterocycles. The third-order valence-corrected chi connectivity index (χ3v) is 5.53. The predicted molar refractivity (Wildman–Crippen MR) is 107 cm³/mol. The molecule has 0 aliphatic heterocycles. The summed E-state index contributed by atoms with van der Waals surface area (Å²) in [4.78, 5) is 21.2. The van der Waals surface area contributed by atoms with Crippen molar-refractivity contribution in [2.24, 2.45) is 0 Å². The molecule has 0 aliphatic rings. The summed E-state index contributed by atoms with van der Waals surface area (Å²) in [6.07, 6.45) is 3.87. The molecule has 0 spiro atoms. The second-order valence-corrected chi connectivity index (χ2v) is 7.39. The van der Waals surface area contributed by atoms with Gasteiger partial charge in [0.15, 0.2) is 0 Å². The van der Waals surface area contributed by atoms with Gasteiger partial charge in [-0.2, -0.15) is 0 Å². The number of thiophene rings is 1. The van der Waals surface area contributed by atoms with Crippen LogP contribution in [0.4, 0.5) is 5.82 Å². The molecule has 0 saturated carbocycles. The van der Waals surface area contributed by atoms with Gasteiger partial charge in [-0.1, -0.05) is 38.0 Å². The van der Waals surface area contributed by atoms with E-state index in [-0.39, 0.29) is 0 Å². The molecule has 1 unspecified atom stereocenters. The number of nitrogens with zero attached hydrogens (tertiary/aromatic N) is 2. The molecule has 3 rings (SSSR count). The van der Waals surface area contributed by atoms with Crippen LogP contribution < -0.4 is 5.32 Å². The first-order chi connectivity index (χ1) is 12.5. The van der Waals surface area contributed by atoms with E-state index in [9.17, 15) is 9.90 Å². The molecule has 1 aromatic carbocycles. The molecule has 0 radical (unpaired) electrons. The quantitative estimate of drug-likeness (QED) is 0.611. The molecule has 136 valence electrons. The van der Waals surface area contributed by atoms with E-state index in [1.165, 1.54) is 17.5 Å². The van der Waals surface area contributed by atoms with Crippen molar-refractivity contribution >= 4 is 33.3 Å². The Hall–Kier alpha value is -2.47. The predicted octanol–water partition coefficient (Wildman–Crippen LogP) is 5.03. The van der Waals surface area contributed by atoms with E-state index in [1.54, 1.807) is 11.3 Å². The number of rotatable bonds is 7. The van der Waals surface area contributed by atoms with Crippen LogP contribution in [0.3, 0.4) is 0 Å². The summed E-state index contributed by atoms with van der Waals surface area (Å²) >= 11 is 1.55. The van der Waals surface area contributed by atoms with Gasteiger partial charge < -0.3 is 10.4 Å². The average Bonchev–Trinajstić information content (AvgIpc) is 3.05. The number of hydrogen-bond acceptors (Lipinski definition) is 5. The highest BCUT2D eigenvalue weighted by molar-refractivity contribution is 7.17. The lowest BCUT2D eigenvalue weighted by Crippen LogP contribution is -2.29. The molecule has 0 aliphatic carbocycles. The van der Waals surface area contributed by atoms with Crippen molar-refractivity contribution in [2.45, 2.75) is 46.1 Å². The van der Waals surface area contributed by atoms with Crippen LogP contribution in [-0.2, 0) is 4.79 Å². The number of nitrogens with one attached hydrogen (secondary N) is 1. The Bertz CT molecular complexity index is 936. The van der Waals surface area contributed by atoms with E-state index in [0.29, 0.717) is 12.2 Å². The SMILES string of the molecule is CCCCC(Nc1ncnc2scc(-c3ccc(C)c(C)c3)c12)C(=O)O. The highest BCUT2D eigenvalue weighted by atomic mass is 32.1. The lowest BCUT2D eigenvalue weighted by molar-refractivity contribution is -0.138. The van der Waals surface area contributed by atoms with Crippen LogP contribution in [0, 0.1) is 13.8 Å². The van der Waals surface area contributed by atoms with Crippen LogP contribution in [0.25, 0.3) is 21.3 Å². The standard InChI is InChI=1S/C20H23N3O2S/c1-4-5-6-16(20(24)25)23-18-17-15(10-26-19(17)22-11-21-18)14-8-7-12(2)13(3)9-14/h7-11,16H,4-6H2,1-3H3,(H,24,25)(H,21,22,23). The summed E-state index contributed by atoms with van der Waals surface area (Å²) in [5, 5.41) is 15.6. The van der Waals surface area contributed by atoms with Crippen LogP contribution in [0.5, 0.6) is 0 Å². The lowest BCUT2D eigenvalue weighted by Gasteiger charge is -2.16. The number of anilines is 1. The van der Waals surface area contributed by atoms with Gasteiger partial charge >= 0.3 is 5.97 Å². The van der Waals surface area contributed by atoms with Crippen LogP contribution in [-0.4, -0.2) is 27.1 Å². The summed E-state index contributed by atoms with van der Waals surface area (Å²) in [5.41, 5.74) is 4.60. The molecule has 6 heteroatoms. The number of fused-ring (bicyclic) bond motifs is 1. The van der Waals surface area contributed by atoms with Crippen molar-refractivity contribution in [1.82, 2.24) is 9.97 Å². The highest BCUT2D eigenvalue weighted by Crippen LogP contribution is 2.37. The maximum absolute atomic E-state index is 11.6. The number of unbranched alkanes of at least 4 members (excludes halogenated alkanes) is 1. The molecule has 1 atom stereocenters. The van der Waals surface area contributed by atoms with Crippen molar-refractivity contribution in [3.8, 4) is 11.1 Å². The topological polar surface area (TPSA) is 75.1 Å². The van der Waals surface area contributed by atoms with E-state index in [2.05, 4.69) is 59.6 Å². The molecule has 0 amide bonds. The molecular formula is C20H23N3O2S. The van der Waals surface area contributed by atoms with Crippen molar-refractivity contribution in [3.05, 3.63) is 41.0 Å². The number of carboxylic acid groups (broad SMARTS) is 1. The van der Waals surface area contributed by atoms with Gasteiger partial charge in [-0.25, -0.2) is 14.8 Å². The van der Waals surface area contributed by atoms with Gasteiger partial charge in [0.25, 0.3) is 0 Å². The minimum Gasteiger partial charge on any atom is -0.480 e. The summed E-state index contributed by atoms with van der Waals surface area (Å²) in [5.74, 6) is -0.263. The third-order valence-electron chi connectivity index (χ3n) is 4.64. The number of benzene rings is 1. The van der Waals surface area contributed by atoms with Crippen LogP contribution in [0.15, 0.2) is 29.9 Å². The summed E-state index contributed by atoms with van der Waals surface area (Å²) in [7, 11) is 0. The summed E-state index contributed by atoms with van der Waals surface area (Å²) in [6, 6.07) is 5.69. The normalized spacial score (nSPS) is 12.3. The molecule has 3 aromatic rings. The largest absolute Gasteiger partial charge is 0.480 e. The van der Waals surface area contributed by atoms with Crippen molar-refractivity contribution in [2.75, 3.05) is 5.32 Å². The van der Waals surface area contributed by atoms with Crippen molar-refractivity contribution < 1.29 is 9.90 Å². The Morgan fingerprint density at radius 2 is 2.08 bits per heavy atom. The number of aromatic nitrogens is 2. The average molecular weight is 369 g/mol. The highest BCUT2D eigenvalue weighted by Gasteiger charge is 2.20. The first-order valence-electron chi connectivity index (χ1n) is 8.80. The first-order valence-corrected chi connectivity index (χ1v) is 9.68. The van der Waals surface area contributed by atoms with Crippen molar-refractivity contribution in [1.29, 1.82) is 0 Å². The number of aryl methyl sites for hydroxylation is 2. The Kier molecular flexibility index (Phi) is 5.52. The smallest absolute Gasteiger partial charge is 0.326 e. The maximum atomic E-state index is 11.6. The van der Waals surface area contributed by atoms with Crippen LogP contribution in [0.2, 0.25) is 0 Å². The Morgan fingerprint density at radius 1 is 1.27 bits per heavy atom. The van der Waals surface area contributed by atoms with Gasteiger partial charge in [0.2, 0.25) is 0 Å². The Morgan fingerprint density at radius 3 is 2.77 bits per heavy atom.